The van der Waals surface area contributed by atoms with Crippen LogP contribution in [0.5, 0.6) is 5.95 Å². The van der Waals surface area contributed by atoms with E-state index in [0.29, 0.717) is 11.6 Å². The van der Waals surface area contributed by atoms with Crippen molar-refractivity contribution in [1.82, 2.24) is 10.1 Å². The van der Waals surface area contributed by atoms with Gasteiger partial charge in [0.15, 0.2) is 0 Å². The zero-order chi connectivity index (χ0) is 13.9. The van der Waals surface area contributed by atoms with Crippen LogP contribution < -0.4 is 4.74 Å². The van der Waals surface area contributed by atoms with Gasteiger partial charge in [-0.25, -0.2) is 4.39 Å². The van der Waals surface area contributed by atoms with E-state index < -0.39 is 0 Å². The molecule has 0 radical (unpaired) electrons. The van der Waals surface area contributed by atoms with E-state index in [1.54, 1.807) is 24.5 Å². The average molecular weight is 270 g/mol. The molecule has 1 aromatic carbocycles. The van der Waals surface area contributed by atoms with Crippen molar-refractivity contribution in [2.45, 2.75) is 0 Å². The first kappa shape index (κ1) is 12.3. The number of nitrogens with zero attached hydrogens (tertiary/aromatic N) is 2. The van der Waals surface area contributed by atoms with Crippen molar-refractivity contribution in [2.75, 3.05) is 7.11 Å². The molecule has 0 bridgehead atoms. The zero-order valence-corrected chi connectivity index (χ0v) is 10.7. The highest BCUT2D eigenvalue weighted by Crippen LogP contribution is 2.38. The first-order valence-electron chi connectivity index (χ1n) is 5.99. The molecular formula is C15H11FN2O2. The molecule has 3 aromatic rings. The van der Waals surface area contributed by atoms with E-state index in [1.807, 2.05) is 12.1 Å². The monoisotopic (exact) mass is 270 g/mol. The Bertz CT molecular complexity index is 708. The summed E-state index contributed by atoms with van der Waals surface area (Å²) in [5.41, 5.74) is 2.96. The van der Waals surface area contributed by atoms with Crippen LogP contribution in [0.15, 0.2) is 53.3 Å². The predicted molar refractivity (Wildman–Crippen MR) is 71.7 cm³/mol. The Balaban J connectivity index is 2.17. The molecule has 2 aromatic heterocycles. The Hall–Kier alpha value is -2.69. The molecule has 0 aliphatic heterocycles. The van der Waals surface area contributed by atoms with Crippen molar-refractivity contribution in [2.24, 2.45) is 0 Å². The summed E-state index contributed by atoms with van der Waals surface area (Å²) in [6.45, 7) is 0. The number of methoxy groups -OCH3 is 1. The first-order chi connectivity index (χ1) is 9.79. The van der Waals surface area contributed by atoms with Crippen LogP contribution in [0.1, 0.15) is 0 Å². The van der Waals surface area contributed by atoms with Gasteiger partial charge >= 0.3 is 5.95 Å². The summed E-state index contributed by atoms with van der Waals surface area (Å²) in [5, 5.41) is 4.02. The summed E-state index contributed by atoms with van der Waals surface area (Å²) >= 11 is 0. The van der Waals surface area contributed by atoms with Gasteiger partial charge in [-0.3, -0.25) is 4.98 Å². The topological polar surface area (TPSA) is 48.2 Å². The first-order valence-corrected chi connectivity index (χ1v) is 5.99. The third kappa shape index (κ3) is 2.14. The van der Waals surface area contributed by atoms with Gasteiger partial charge in [0.25, 0.3) is 0 Å². The number of rotatable bonds is 3. The summed E-state index contributed by atoms with van der Waals surface area (Å²) in [6, 6.07) is 9.73. The van der Waals surface area contributed by atoms with Crippen LogP contribution in [0.3, 0.4) is 0 Å². The Morgan fingerprint density at radius 2 is 1.70 bits per heavy atom. The fourth-order valence-corrected chi connectivity index (χ4v) is 1.99. The van der Waals surface area contributed by atoms with Crippen molar-refractivity contribution in [1.29, 1.82) is 0 Å². The molecule has 0 unspecified atom stereocenters. The standard InChI is InChI=1S/C15H11FN2O2/c1-19-15-13(10-6-8-17-9-7-10)14(18-20-15)11-2-4-12(16)5-3-11/h2-9H,1H3. The number of benzene rings is 1. The summed E-state index contributed by atoms with van der Waals surface area (Å²) in [7, 11) is 1.51. The Morgan fingerprint density at radius 1 is 1.00 bits per heavy atom. The molecule has 0 fully saturated rings. The minimum absolute atomic E-state index is 0.297. The van der Waals surface area contributed by atoms with Crippen molar-refractivity contribution in [3.05, 3.63) is 54.6 Å². The molecule has 0 spiro atoms. The molecular weight excluding hydrogens is 259 g/mol. The fraction of sp³-hybridized carbons (Fsp3) is 0.0667. The van der Waals surface area contributed by atoms with Crippen molar-refractivity contribution < 1.29 is 13.7 Å². The minimum atomic E-state index is -0.297. The summed E-state index contributed by atoms with van der Waals surface area (Å²) in [4.78, 5) is 3.98. The van der Waals surface area contributed by atoms with Gasteiger partial charge in [0.2, 0.25) is 0 Å². The van der Waals surface area contributed by atoms with E-state index in [4.69, 9.17) is 9.26 Å². The highest BCUT2D eigenvalue weighted by Gasteiger charge is 2.19. The van der Waals surface area contributed by atoms with E-state index in [9.17, 15) is 4.39 Å². The Kier molecular flexibility index (Phi) is 3.16. The van der Waals surface area contributed by atoms with Crippen LogP contribution in [-0.4, -0.2) is 17.3 Å². The summed E-state index contributed by atoms with van der Waals surface area (Å²) < 4.78 is 23.4. The minimum Gasteiger partial charge on any atom is -0.467 e. The normalized spacial score (nSPS) is 10.5. The van der Waals surface area contributed by atoms with Gasteiger partial charge in [-0.15, -0.1) is 0 Å². The fourth-order valence-electron chi connectivity index (χ4n) is 1.99. The Morgan fingerprint density at radius 3 is 2.35 bits per heavy atom. The molecule has 2 heterocycles. The van der Waals surface area contributed by atoms with Gasteiger partial charge in [-0.05, 0) is 42.0 Å². The molecule has 0 N–H and O–H groups in total. The van der Waals surface area contributed by atoms with Crippen molar-refractivity contribution >= 4 is 0 Å². The average Bonchev–Trinajstić information content (AvgIpc) is 2.93. The third-order valence-electron chi connectivity index (χ3n) is 2.93. The molecule has 20 heavy (non-hydrogen) atoms. The maximum Gasteiger partial charge on any atom is 0.319 e. The third-order valence-corrected chi connectivity index (χ3v) is 2.93. The molecule has 5 heteroatoms. The van der Waals surface area contributed by atoms with Gasteiger partial charge in [-0.1, -0.05) is 5.16 Å². The van der Waals surface area contributed by atoms with Crippen molar-refractivity contribution in [3.8, 4) is 28.3 Å². The van der Waals surface area contributed by atoms with E-state index in [-0.39, 0.29) is 5.82 Å². The summed E-state index contributed by atoms with van der Waals surface area (Å²) in [5.74, 6) is 0.0187. The molecule has 0 saturated heterocycles. The molecule has 0 amide bonds. The van der Waals surface area contributed by atoms with E-state index >= 15 is 0 Å². The maximum atomic E-state index is 13.0. The van der Waals surface area contributed by atoms with Crippen LogP contribution in [-0.2, 0) is 0 Å². The SMILES string of the molecule is COc1onc(-c2ccc(F)cc2)c1-c1ccncc1. The number of pyridine rings is 1. The lowest BCUT2D eigenvalue weighted by atomic mass is 10.0. The van der Waals surface area contributed by atoms with Gasteiger partial charge in [0.05, 0.1) is 12.7 Å². The molecule has 0 atom stereocenters. The lowest BCUT2D eigenvalue weighted by Gasteiger charge is -2.03. The molecule has 0 aliphatic carbocycles. The highest BCUT2D eigenvalue weighted by atomic mass is 19.1. The van der Waals surface area contributed by atoms with Gasteiger partial charge in [0.1, 0.15) is 11.5 Å². The van der Waals surface area contributed by atoms with Crippen LogP contribution in [0.4, 0.5) is 4.39 Å². The lowest BCUT2D eigenvalue weighted by Crippen LogP contribution is -1.87. The smallest absolute Gasteiger partial charge is 0.319 e. The molecule has 3 rings (SSSR count). The summed E-state index contributed by atoms with van der Waals surface area (Å²) in [6.07, 6.45) is 3.35. The number of aromatic nitrogens is 2. The van der Waals surface area contributed by atoms with Crippen LogP contribution >= 0.6 is 0 Å². The second-order valence-corrected chi connectivity index (χ2v) is 4.14. The predicted octanol–water partition coefficient (Wildman–Crippen LogP) is 3.55. The quantitative estimate of drug-likeness (QED) is 0.730. The second-order valence-electron chi connectivity index (χ2n) is 4.14. The maximum absolute atomic E-state index is 13.0. The Labute approximate surface area is 114 Å². The number of hydrogen-bond acceptors (Lipinski definition) is 4. The van der Waals surface area contributed by atoms with Gasteiger partial charge in [0, 0.05) is 18.0 Å². The zero-order valence-electron chi connectivity index (χ0n) is 10.7. The van der Waals surface area contributed by atoms with Crippen LogP contribution in [0.2, 0.25) is 0 Å². The number of ether oxygens (including phenoxy) is 1. The van der Waals surface area contributed by atoms with E-state index in [1.165, 1.54) is 19.2 Å². The van der Waals surface area contributed by atoms with Crippen LogP contribution in [0, 0.1) is 5.82 Å². The molecule has 0 aliphatic rings. The van der Waals surface area contributed by atoms with E-state index in [2.05, 4.69) is 10.1 Å². The van der Waals surface area contributed by atoms with Gasteiger partial charge < -0.3 is 9.26 Å². The van der Waals surface area contributed by atoms with Crippen LogP contribution in [0.25, 0.3) is 22.4 Å². The second kappa shape index (κ2) is 5.13. The van der Waals surface area contributed by atoms with Gasteiger partial charge in [-0.2, -0.15) is 0 Å². The largest absolute Gasteiger partial charge is 0.467 e. The molecule has 0 saturated carbocycles. The number of halogens is 1. The van der Waals surface area contributed by atoms with Crippen molar-refractivity contribution in [3.63, 3.8) is 0 Å². The lowest BCUT2D eigenvalue weighted by molar-refractivity contribution is 0.262. The molecule has 4 nitrogen and oxygen atoms in total. The molecule has 100 valence electrons. The van der Waals surface area contributed by atoms with E-state index in [0.717, 1.165) is 16.7 Å². The highest BCUT2D eigenvalue weighted by molar-refractivity contribution is 5.83. The number of hydrogen-bond donors (Lipinski definition) is 0.